The highest BCUT2D eigenvalue weighted by Crippen LogP contribution is 2.16. The minimum atomic E-state index is -1.47. The Morgan fingerprint density at radius 2 is 2.00 bits per heavy atom. The van der Waals surface area contributed by atoms with Crippen LogP contribution in [0.15, 0.2) is 29.1 Å². The van der Waals surface area contributed by atoms with Crippen molar-refractivity contribution in [2.24, 2.45) is 5.92 Å². The van der Waals surface area contributed by atoms with Crippen molar-refractivity contribution in [2.75, 3.05) is 13.1 Å². The zero-order valence-corrected chi connectivity index (χ0v) is 13.4. The lowest BCUT2D eigenvalue weighted by atomic mass is 10.0. The van der Waals surface area contributed by atoms with Gasteiger partial charge in [0, 0.05) is 18.5 Å². The molecule has 0 N–H and O–H groups in total. The summed E-state index contributed by atoms with van der Waals surface area (Å²) >= 11 is 0. The number of likely N-dealkylation sites (tertiary alicyclic amines) is 1. The Hall–Kier alpha value is -2.70. The number of aromatic carboxylic acids is 1. The van der Waals surface area contributed by atoms with Gasteiger partial charge >= 0.3 is 0 Å². The van der Waals surface area contributed by atoms with Crippen LogP contribution in [0, 0.1) is 5.92 Å². The lowest BCUT2D eigenvalue weighted by Gasteiger charge is -2.31. The number of piperidine rings is 1. The van der Waals surface area contributed by atoms with E-state index in [4.69, 9.17) is 0 Å². The molecule has 2 heterocycles. The van der Waals surface area contributed by atoms with Crippen LogP contribution in [-0.2, 0) is 11.3 Å². The van der Waals surface area contributed by atoms with Crippen molar-refractivity contribution in [3.63, 3.8) is 0 Å². The maximum Gasteiger partial charge on any atom is 0.275 e. The molecule has 1 aromatic heterocycles. The van der Waals surface area contributed by atoms with Crippen molar-refractivity contribution in [2.45, 2.75) is 26.3 Å². The lowest BCUT2D eigenvalue weighted by molar-refractivity contribution is -0.255. The third-order valence-electron chi connectivity index (χ3n) is 4.36. The first kappa shape index (κ1) is 16.2. The first-order valence-electron chi connectivity index (χ1n) is 7.96. The summed E-state index contributed by atoms with van der Waals surface area (Å²) in [6.45, 7) is 3.11. The number of carboxylic acids is 1. The van der Waals surface area contributed by atoms with Gasteiger partial charge in [-0.05, 0) is 24.8 Å². The molecule has 1 amide bonds. The zero-order chi connectivity index (χ0) is 17.3. The smallest absolute Gasteiger partial charge is 0.275 e. The number of rotatable bonds is 3. The summed E-state index contributed by atoms with van der Waals surface area (Å²) in [6, 6.07) is 6.30. The molecule has 24 heavy (non-hydrogen) atoms. The molecule has 1 aliphatic rings. The van der Waals surface area contributed by atoms with Crippen molar-refractivity contribution in [1.29, 1.82) is 0 Å². The molecule has 7 nitrogen and oxygen atoms in total. The van der Waals surface area contributed by atoms with Crippen LogP contribution in [0.2, 0.25) is 0 Å². The highest BCUT2D eigenvalue weighted by molar-refractivity contribution is 6.00. The number of carbonyl (C=O) groups is 2. The van der Waals surface area contributed by atoms with E-state index in [1.165, 1.54) is 12.1 Å². The summed E-state index contributed by atoms with van der Waals surface area (Å²) in [5.41, 5.74) is -0.806. The average molecular weight is 328 g/mol. The number of carboxylic acid groups (broad SMARTS) is 1. The molecule has 7 heteroatoms. The van der Waals surface area contributed by atoms with Crippen LogP contribution in [0.4, 0.5) is 0 Å². The second kappa shape index (κ2) is 6.43. The molecule has 0 unspecified atom stereocenters. The van der Waals surface area contributed by atoms with Gasteiger partial charge in [0.1, 0.15) is 12.2 Å². The highest BCUT2D eigenvalue weighted by atomic mass is 16.4. The molecule has 0 aliphatic carbocycles. The Bertz CT molecular complexity index is 859. The Labute approximate surface area is 138 Å². The molecule has 0 radical (unpaired) electrons. The number of carbonyl (C=O) groups excluding carboxylic acids is 2. The number of fused-ring (bicyclic) bond motifs is 1. The van der Waals surface area contributed by atoms with Crippen molar-refractivity contribution < 1.29 is 14.7 Å². The van der Waals surface area contributed by atoms with E-state index in [1.807, 2.05) is 0 Å². The minimum absolute atomic E-state index is 0.214. The summed E-state index contributed by atoms with van der Waals surface area (Å²) in [5, 5.41) is 15.6. The van der Waals surface area contributed by atoms with Gasteiger partial charge in [0.15, 0.2) is 0 Å². The largest absolute Gasteiger partial charge is 0.543 e. The number of amides is 1. The zero-order valence-electron chi connectivity index (χ0n) is 13.4. The van der Waals surface area contributed by atoms with Gasteiger partial charge in [-0.1, -0.05) is 25.1 Å². The molecule has 1 saturated heterocycles. The fourth-order valence-corrected chi connectivity index (χ4v) is 3.14. The molecular weight excluding hydrogens is 310 g/mol. The number of hydrogen-bond donors (Lipinski definition) is 0. The van der Waals surface area contributed by atoms with Crippen LogP contribution in [0.3, 0.4) is 0 Å². The Balaban J connectivity index is 1.97. The van der Waals surface area contributed by atoms with Crippen LogP contribution in [0.25, 0.3) is 10.8 Å². The van der Waals surface area contributed by atoms with Crippen molar-refractivity contribution in [3.05, 3.63) is 40.3 Å². The predicted molar refractivity (Wildman–Crippen MR) is 85.3 cm³/mol. The molecular formula is C17H18N3O4-. The third kappa shape index (κ3) is 3.02. The highest BCUT2D eigenvalue weighted by Gasteiger charge is 2.22. The van der Waals surface area contributed by atoms with E-state index in [0.29, 0.717) is 19.0 Å². The van der Waals surface area contributed by atoms with E-state index >= 15 is 0 Å². The van der Waals surface area contributed by atoms with Crippen LogP contribution >= 0.6 is 0 Å². The van der Waals surface area contributed by atoms with E-state index in [2.05, 4.69) is 12.0 Å². The van der Waals surface area contributed by atoms with E-state index in [1.54, 1.807) is 17.0 Å². The Morgan fingerprint density at radius 3 is 2.67 bits per heavy atom. The molecule has 126 valence electrons. The van der Waals surface area contributed by atoms with Gasteiger partial charge in [-0.2, -0.15) is 5.10 Å². The van der Waals surface area contributed by atoms with Crippen LogP contribution in [-0.4, -0.2) is 39.6 Å². The molecule has 0 spiro atoms. The molecule has 1 aliphatic heterocycles. The number of benzene rings is 1. The first-order valence-corrected chi connectivity index (χ1v) is 7.96. The molecule has 0 saturated carbocycles. The quantitative estimate of drug-likeness (QED) is 0.791. The molecule has 2 aromatic rings. The lowest BCUT2D eigenvalue weighted by Crippen LogP contribution is -2.43. The van der Waals surface area contributed by atoms with Crippen LogP contribution in [0.5, 0.6) is 0 Å². The summed E-state index contributed by atoms with van der Waals surface area (Å²) in [5.74, 6) is -1.28. The summed E-state index contributed by atoms with van der Waals surface area (Å²) in [4.78, 5) is 38.0. The fraction of sp³-hybridized carbons (Fsp3) is 0.412. The molecule has 3 rings (SSSR count). The van der Waals surface area contributed by atoms with E-state index in [9.17, 15) is 19.5 Å². The Kier molecular flexibility index (Phi) is 4.33. The van der Waals surface area contributed by atoms with Gasteiger partial charge < -0.3 is 14.8 Å². The standard InChI is InChI=1S/C17H19N3O4/c1-11-5-4-8-19(9-11)14(21)10-20-16(22)13-7-3-2-6-12(13)15(18-20)17(23)24/h2-3,6-7,11H,4-5,8-10H2,1H3,(H,23,24)/p-1/t11-/m0/s1. The molecule has 1 atom stereocenters. The number of nitrogens with zero attached hydrogens (tertiary/aromatic N) is 3. The Morgan fingerprint density at radius 1 is 1.29 bits per heavy atom. The van der Waals surface area contributed by atoms with Gasteiger partial charge in [0.25, 0.3) is 5.56 Å². The second-order valence-electron chi connectivity index (χ2n) is 6.23. The summed E-state index contributed by atoms with van der Waals surface area (Å²) in [6.07, 6.45) is 2.00. The summed E-state index contributed by atoms with van der Waals surface area (Å²) in [7, 11) is 0. The van der Waals surface area contributed by atoms with Crippen LogP contribution in [0.1, 0.15) is 30.3 Å². The average Bonchev–Trinajstić information content (AvgIpc) is 2.57. The third-order valence-corrected chi connectivity index (χ3v) is 4.36. The fourth-order valence-electron chi connectivity index (χ4n) is 3.14. The minimum Gasteiger partial charge on any atom is -0.543 e. The molecule has 1 aromatic carbocycles. The molecule has 1 fully saturated rings. The van der Waals surface area contributed by atoms with Crippen molar-refractivity contribution in [1.82, 2.24) is 14.7 Å². The maximum absolute atomic E-state index is 12.5. The van der Waals surface area contributed by atoms with Gasteiger partial charge in [-0.3, -0.25) is 9.59 Å². The van der Waals surface area contributed by atoms with Crippen molar-refractivity contribution >= 4 is 22.6 Å². The van der Waals surface area contributed by atoms with E-state index in [0.717, 1.165) is 17.5 Å². The van der Waals surface area contributed by atoms with E-state index < -0.39 is 11.5 Å². The van der Waals surface area contributed by atoms with Gasteiger partial charge in [0.2, 0.25) is 5.91 Å². The second-order valence-corrected chi connectivity index (χ2v) is 6.23. The summed E-state index contributed by atoms with van der Waals surface area (Å²) < 4.78 is 0.926. The molecule has 0 bridgehead atoms. The predicted octanol–water partition coefficient (Wildman–Crippen LogP) is 0.0185. The normalized spacial score (nSPS) is 17.9. The first-order chi connectivity index (χ1) is 11.5. The maximum atomic E-state index is 12.5. The number of hydrogen-bond acceptors (Lipinski definition) is 5. The number of aromatic nitrogens is 2. The van der Waals surface area contributed by atoms with E-state index in [-0.39, 0.29) is 28.9 Å². The SMILES string of the molecule is C[C@H]1CCCN(C(=O)Cn2nc(C(=O)[O-])c3ccccc3c2=O)C1. The van der Waals surface area contributed by atoms with Crippen LogP contribution < -0.4 is 10.7 Å². The topological polar surface area (TPSA) is 95.3 Å². The monoisotopic (exact) mass is 328 g/mol. The van der Waals surface area contributed by atoms with Gasteiger partial charge in [-0.25, -0.2) is 4.68 Å². The van der Waals surface area contributed by atoms with Gasteiger partial charge in [0.05, 0.1) is 11.4 Å². The van der Waals surface area contributed by atoms with Crippen molar-refractivity contribution in [3.8, 4) is 0 Å². The van der Waals surface area contributed by atoms with Gasteiger partial charge in [-0.15, -0.1) is 0 Å².